The number of carbonyl (C=O) groups excluding carboxylic acids is 2. The molecule has 0 aromatic heterocycles. The Morgan fingerprint density at radius 3 is 1.03 bits per heavy atom. The molecule has 0 aliphatic heterocycles. The SMILES string of the molecule is CCCCCCC/C=C\C/C=C\CCCCCCCCCCCCCCCCCCCCCCCCCCCC(=O)OC(COC(=O)CCCCCCCCC/C=C\CCCCCCCC)COP(=O)([O-])OCC[N+](C)(C)C. The molecule has 460 valence electrons. The van der Waals surface area contributed by atoms with Crippen molar-refractivity contribution in [1.29, 1.82) is 0 Å². The summed E-state index contributed by atoms with van der Waals surface area (Å²) >= 11 is 0. The Balaban J connectivity index is 3.92. The van der Waals surface area contributed by atoms with E-state index < -0.39 is 26.5 Å². The van der Waals surface area contributed by atoms with Crippen LogP contribution < -0.4 is 4.89 Å². The summed E-state index contributed by atoms with van der Waals surface area (Å²) in [6.07, 6.45) is 75.2. The van der Waals surface area contributed by atoms with Crippen LogP contribution >= 0.6 is 7.82 Å². The van der Waals surface area contributed by atoms with Crippen LogP contribution in [0.5, 0.6) is 0 Å². The van der Waals surface area contributed by atoms with E-state index in [1.54, 1.807) is 0 Å². The van der Waals surface area contributed by atoms with Crippen LogP contribution in [-0.4, -0.2) is 70.0 Å². The van der Waals surface area contributed by atoms with Gasteiger partial charge in [-0.25, -0.2) is 0 Å². The fourth-order valence-electron chi connectivity index (χ4n) is 9.92. The van der Waals surface area contributed by atoms with Crippen molar-refractivity contribution in [3.05, 3.63) is 36.5 Å². The molecule has 0 aliphatic rings. The summed E-state index contributed by atoms with van der Waals surface area (Å²) in [6, 6.07) is 0. The van der Waals surface area contributed by atoms with E-state index in [0.29, 0.717) is 17.4 Å². The number of rotatable bonds is 63. The molecule has 0 N–H and O–H groups in total. The summed E-state index contributed by atoms with van der Waals surface area (Å²) in [4.78, 5) is 37.9. The van der Waals surface area contributed by atoms with Crippen molar-refractivity contribution in [1.82, 2.24) is 0 Å². The minimum Gasteiger partial charge on any atom is -0.756 e. The summed E-state index contributed by atoms with van der Waals surface area (Å²) in [5, 5.41) is 0. The molecule has 0 aliphatic carbocycles. The van der Waals surface area contributed by atoms with Crippen molar-refractivity contribution in [2.45, 2.75) is 341 Å². The number of quaternary nitrogens is 1. The van der Waals surface area contributed by atoms with Gasteiger partial charge in [0, 0.05) is 12.8 Å². The molecule has 2 unspecified atom stereocenters. The first-order chi connectivity index (χ1) is 38.0. The number of phosphoric ester groups is 1. The first kappa shape index (κ1) is 76.2. The highest BCUT2D eigenvalue weighted by Gasteiger charge is 2.22. The standard InChI is InChI=1S/C68H130NO8P/c1-6-8-10-12-14-16-18-20-22-24-25-26-27-28-29-30-31-32-33-34-35-36-37-38-39-40-41-42-43-45-47-49-51-53-55-57-59-61-68(71)77-66(65-76-78(72,73)75-63-62-69(3,4)5)64-74-67(70)60-58-56-54-52-50-48-46-44-23-21-19-17-15-13-11-9-7-2/h18,20-21,23-25,66H,6-17,19,22,26-65H2,1-5H3/b20-18-,23-21-,25-24-. The Morgan fingerprint density at radius 2 is 0.692 bits per heavy atom. The molecule has 0 heterocycles. The normalized spacial score (nSPS) is 13.4. The van der Waals surface area contributed by atoms with E-state index in [9.17, 15) is 19.0 Å². The largest absolute Gasteiger partial charge is 0.756 e. The second-order valence-electron chi connectivity index (χ2n) is 24.2. The molecule has 78 heavy (non-hydrogen) atoms. The molecule has 0 fully saturated rings. The third-order valence-corrected chi connectivity index (χ3v) is 16.1. The Kier molecular flexibility index (Phi) is 58.5. The molecule has 0 rings (SSSR count). The quantitative estimate of drug-likeness (QED) is 0.0195. The first-order valence-corrected chi connectivity index (χ1v) is 35.2. The number of phosphoric acid groups is 1. The van der Waals surface area contributed by atoms with E-state index in [1.165, 1.54) is 250 Å². The number of nitrogens with zero attached hydrogens (tertiary/aromatic N) is 1. The summed E-state index contributed by atoms with van der Waals surface area (Å²) in [7, 11) is 1.18. The van der Waals surface area contributed by atoms with Gasteiger partial charge in [-0.15, -0.1) is 0 Å². The molecule has 0 bridgehead atoms. The summed E-state index contributed by atoms with van der Waals surface area (Å²) < 4.78 is 34.2. The van der Waals surface area contributed by atoms with Gasteiger partial charge >= 0.3 is 11.9 Å². The zero-order valence-electron chi connectivity index (χ0n) is 52.4. The predicted octanol–water partition coefficient (Wildman–Crippen LogP) is 20.9. The van der Waals surface area contributed by atoms with E-state index in [1.807, 2.05) is 21.1 Å². The fraction of sp³-hybridized carbons (Fsp3) is 0.882. The van der Waals surface area contributed by atoms with Gasteiger partial charge in [0.2, 0.25) is 0 Å². The Hall–Kier alpha value is -1.77. The molecule has 0 radical (unpaired) electrons. The highest BCUT2D eigenvalue weighted by atomic mass is 31.2. The van der Waals surface area contributed by atoms with E-state index in [-0.39, 0.29) is 32.0 Å². The van der Waals surface area contributed by atoms with Crippen LogP contribution in [0.15, 0.2) is 36.5 Å². The van der Waals surface area contributed by atoms with Gasteiger partial charge in [-0.1, -0.05) is 288 Å². The maximum atomic E-state index is 12.8. The number of allylic oxidation sites excluding steroid dienone is 6. The summed E-state index contributed by atoms with van der Waals surface area (Å²) in [5.41, 5.74) is 0. The van der Waals surface area contributed by atoms with Gasteiger partial charge in [0.05, 0.1) is 27.7 Å². The lowest BCUT2D eigenvalue weighted by atomic mass is 10.0. The molecule has 0 saturated heterocycles. The summed E-state index contributed by atoms with van der Waals surface area (Å²) in [5.74, 6) is -0.821. The Morgan fingerprint density at radius 1 is 0.397 bits per heavy atom. The van der Waals surface area contributed by atoms with Gasteiger partial charge in [-0.05, 0) is 70.6 Å². The second-order valence-corrected chi connectivity index (χ2v) is 25.6. The van der Waals surface area contributed by atoms with Crippen molar-refractivity contribution < 1.29 is 42.1 Å². The molecule has 0 amide bonds. The van der Waals surface area contributed by atoms with E-state index in [2.05, 4.69) is 50.3 Å². The molecule has 0 aromatic rings. The van der Waals surface area contributed by atoms with Gasteiger partial charge in [0.15, 0.2) is 6.10 Å². The second kappa shape index (κ2) is 59.8. The van der Waals surface area contributed by atoms with Crippen LogP contribution in [0.3, 0.4) is 0 Å². The van der Waals surface area contributed by atoms with Gasteiger partial charge in [0.1, 0.15) is 19.8 Å². The average molecular weight is 1120 g/mol. The van der Waals surface area contributed by atoms with Crippen molar-refractivity contribution in [3.8, 4) is 0 Å². The third-order valence-electron chi connectivity index (χ3n) is 15.1. The van der Waals surface area contributed by atoms with Crippen molar-refractivity contribution in [2.24, 2.45) is 0 Å². The lowest BCUT2D eigenvalue weighted by Gasteiger charge is -2.28. The van der Waals surface area contributed by atoms with Crippen molar-refractivity contribution in [3.63, 3.8) is 0 Å². The zero-order chi connectivity index (χ0) is 57.0. The van der Waals surface area contributed by atoms with E-state index in [0.717, 1.165) is 51.4 Å². The monoisotopic (exact) mass is 1120 g/mol. The lowest BCUT2D eigenvalue weighted by molar-refractivity contribution is -0.870. The van der Waals surface area contributed by atoms with Gasteiger partial charge in [-0.2, -0.15) is 0 Å². The van der Waals surface area contributed by atoms with Crippen molar-refractivity contribution in [2.75, 3.05) is 47.5 Å². The van der Waals surface area contributed by atoms with Gasteiger partial charge < -0.3 is 27.9 Å². The number of ether oxygens (including phenoxy) is 2. The third kappa shape index (κ3) is 63.4. The van der Waals surface area contributed by atoms with Crippen LogP contribution in [0.1, 0.15) is 335 Å². The number of esters is 2. The maximum Gasteiger partial charge on any atom is 0.306 e. The van der Waals surface area contributed by atoms with Gasteiger partial charge in [-0.3, -0.25) is 14.2 Å². The number of hydrogen-bond acceptors (Lipinski definition) is 8. The molecular formula is C68H130NO8P. The lowest BCUT2D eigenvalue weighted by Crippen LogP contribution is -2.37. The molecule has 2 atom stereocenters. The topological polar surface area (TPSA) is 111 Å². The minimum absolute atomic E-state index is 0.0290. The molecule has 0 aromatic carbocycles. The smallest absolute Gasteiger partial charge is 0.306 e. The summed E-state index contributed by atoms with van der Waals surface area (Å²) in [6.45, 7) is 4.27. The van der Waals surface area contributed by atoms with Crippen LogP contribution in [0.2, 0.25) is 0 Å². The molecule has 0 spiro atoms. The number of hydrogen-bond donors (Lipinski definition) is 0. The predicted molar refractivity (Wildman–Crippen MR) is 333 cm³/mol. The van der Waals surface area contributed by atoms with Crippen molar-refractivity contribution >= 4 is 19.8 Å². The Labute approximate surface area is 484 Å². The highest BCUT2D eigenvalue weighted by molar-refractivity contribution is 7.45. The molecule has 0 saturated carbocycles. The molecular weight excluding hydrogens is 990 g/mol. The van der Waals surface area contributed by atoms with Gasteiger partial charge in [0.25, 0.3) is 7.82 Å². The fourth-order valence-corrected chi connectivity index (χ4v) is 10.6. The number of carbonyl (C=O) groups is 2. The highest BCUT2D eigenvalue weighted by Crippen LogP contribution is 2.38. The number of unbranched alkanes of at least 4 members (excludes halogenated alkanes) is 43. The van der Waals surface area contributed by atoms with Crippen LogP contribution in [0.4, 0.5) is 0 Å². The molecule has 9 nitrogen and oxygen atoms in total. The molecule has 10 heteroatoms. The minimum atomic E-state index is -4.64. The van der Waals surface area contributed by atoms with Crippen LogP contribution in [0, 0.1) is 0 Å². The van der Waals surface area contributed by atoms with Crippen LogP contribution in [0.25, 0.3) is 0 Å². The van der Waals surface area contributed by atoms with E-state index in [4.69, 9.17) is 18.5 Å². The first-order valence-electron chi connectivity index (χ1n) is 33.7. The average Bonchev–Trinajstić information content (AvgIpc) is 3.41. The maximum absolute atomic E-state index is 12.8. The van der Waals surface area contributed by atoms with E-state index >= 15 is 0 Å². The zero-order valence-corrected chi connectivity index (χ0v) is 53.3. The Bertz CT molecular complexity index is 1410. The van der Waals surface area contributed by atoms with Crippen LogP contribution in [-0.2, 0) is 32.7 Å². The number of likely N-dealkylation sites (N-methyl/N-ethyl adjacent to an activating group) is 1.